The smallest absolute Gasteiger partial charge is 0.0847 e. The summed E-state index contributed by atoms with van der Waals surface area (Å²) >= 11 is 6.30. The summed E-state index contributed by atoms with van der Waals surface area (Å²) < 4.78 is 1.95. The highest BCUT2D eigenvalue weighted by atomic mass is 35.5. The summed E-state index contributed by atoms with van der Waals surface area (Å²) in [6.45, 7) is 4.82. The molecule has 1 heterocycles. The molecule has 3 nitrogen and oxygen atoms in total. The Hall–Kier alpha value is -1.32. The van der Waals surface area contributed by atoms with Gasteiger partial charge in [-0.05, 0) is 25.8 Å². The monoisotopic (exact) mass is 277 g/mol. The van der Waals surface area contributed by atoms with Crippen LogP contribution in [0.15, 0.2) is 30.3 Å². The Kier molecular flexibility index (Phi) is 4.61. The summed E-state index contributed by atoms with van der Waals surface area (Å²) in [6.07, 6.45) is 1.60. The van der Waals surface area contributed by atoms with Crippen LogP contribution in [0.1, 0.15) is 23.9 Å². The van der Waals surface area contributed by atoms with Crippen LogP contribution in [-0.2, 0) is 19.4 Å². The van der Waals surface area contributed by atoms with Gasteiger partial charge >= 0.3 is 0 Å². The molecule has 2 rings (SSSR count). The van der Waals surface area contributed by atoms with Gasteiger partial charge in [0.25, 0.3) is 0 Å². The van der Waals surface area contributed by atoms with Crippen LogP contribution in [0.5, 0.6) is 0 Å². The second kappa shape index (κ2) is 6.22. The Labute approximate surface area is 119 Å². The van der Waals surface area contributed by atoms with Crippen LogP contribution in [0.4, 0.5) is 0 Å². The Morgan fingerprint density at radius 2 is 1.95 bits per heavy atom. The van der Waals surface area contributed by atoms with Crippen LogP contribution in [0.2, 0.25) is 5.02 Å². The highest BCUT2D eigenvalue weighted by molar-refractivity contribution is 6.31. The molecular formula is C15H20ClN3. The number of aromatic nitrogens is 2. The van der Waals surface area contributed by atoms with E-state index in [1.54, 1.807) is 0 Å². The summed E-state index contributed by atoms with van der Waals surface area (Å²) in [6, 6.07) is 10.3. The number of halogens is 1. The van der Waals surface area contributed by atoms with Gasteiger partial charge in [-0.15, -0.1) is 0 Å². The molecule has 2 N–H and O–H groups in total. The van der Waals surface area contributed by atoms with Gasteiger partial charge < -0.3 is 5.73 Å². The van der Waals surface area contributed by atoms with Crippen molar-refractivity contribution in [3.05, 3.63) is 52.3 Å². The lowest BCUT2D eigenvalue weighted by atomic mass is 10.0. The number of hydrogen-bond donors (Lipinski definition) is 1. The molecule has 0 saturated carbocycles. The maximum atomic E-state index is 6.30. The molecule has 0 radical (unpaired) electrons. The Balaban J connectivity index is 2.09. The number of rotatable bonds is 5. The number of aryl methyl sites for hydroxylation is 2. The molecule has 0 bridgehead atoms. The van der Waals surface area contributed by atoms with Crippen molar-refractivity contribution in [1.29, 1.82) is 0 Å². The number of nitrogens with two attached hydrogens (primary N) is 1. The van der Waals surface area contributed by atoms with Crippen molar-refractivity contribution in [2.24, 2.45) is 5.73 Å². The molecule has 1 unspecified atom stereocenters. The van der Waals surface area contributed by atoms with Gasteiger partial charge in [0, 0.05) is 19.0 Å². The van der Waals surface area contributed by atoms with Crippen LogP contribution in [0.3, 0.4) is 0 Å². The summed E-state index contributed by atoms with van der Waals surface area (Å²) in [7, 11) is 0. The minimum Gasteiger partial charge on any atom is -0.327 e. The number of nitrogens with zero attached hydrogens (tertiary/aromatic N) is 2. The fourth-order valence-corrected chi connectivity index (χ4v) is 2.51. The standard InChI is InChI=1S/C15H20ClN3/c1-3-19-14(15(16)11(2)18-19)10-13(17)9-12-7-5-4-6-8-12/h4-8,13H,3,9-10,17H2,1-2H3. The average molecular weight is 278 g/mol. The lowest BCUT2D eigenvalue weighted by molar-refractivity contribution is 0.574. The predicted octanol–water partition coefficient (Wildman–Crippen LogP) is 2.98. The third kappa shape index (κ3) is 3.37. The van der Waals surface area contributed by atoms with Crippen LogP contribution < -0.4 is 5.73 Å². The molecular weight excluding hydrogens is 258 g/mol. The Bertz CT molecular complexity index is 534. The van der Waals surface area contributed by atoms with Gasteiger partial charge in [-0.25, -0.2) is 0 Å². The molecule has 4 heteroatoms. The van der Waals surface area contributed by atoms with Crippen LogP contribution in [0, 0.1) is 6.92 Å². The zero-order valence-electron chi connectivity index (χ0n) is 11.4. The minimum absolute atomic E-state index is 0.0568. The topological polar surface area (TPSA) is 43.8 Å². The van der Waals surface area contributed by atoms with Gasteiger partial charge in [0.05, 0.1) is 16.4 Å². The van der Waals surface area contributed by atoms with Crippen molar-refractivity contribution in [1.82, 2.24) is 9.78 Å². The lowest BCUT2D eigenvalue weighted by Gasteiger charge is -2.13. The normalized spacial score (nSPS) is 12.6. The molecule has 0 spiro atoms. The van der Waals surface area contributed by atoms with Crippen molar-refractivity contribution < 1.29 is 0 Å². The van der Waals surface area contributed by atoms with E-state index in [1.165, 1.54) is 5.56 Å². The molecule has 1 aromatic carbocycles. The van der Waals surface area contributed by atoms with Gasteiger partial charge in [-0.2, -0.15) is 5.10 Å². The summed E-state index contributed by atoms with van der Waals surface area (Å²) in [4.78, 5) is 0. The first-order chi connectivity index (χ1) is 9.11. The van der Waals surface area contributed by atoms with E-state index in [0.717, 1.165) is 35.8 Å². The molecule has 19 heavy (non-hydrogen) atoms. The second-order valence-electron chi connectivity index (χ2n) is 4.82. The molecule has 0 fully saturated rings. The molecule has 1 atom stereocenters. The van der Waals surface area contributed by atoms with Gasteiger partial charge in [0.15, 0.2) is 0 Å². The highest BCUT2D eigenvalue weighted by Crippen LogP contribution is 2.22. The highest BCUT2D eigenvalue weighted by Gasteiger charge is 2.15. The van der Waals surface area contributed by atoms with Crippen LogP contribution in [0.25, 0.3) is 0 Å². The van der Waals surface area contributed by atoms with Gasteiger partial charge in [0.1, 0.15) is 0 Å². The zero-order valence-corrected chi connectivity index (χ0v) is 12.2. The van der Waals surface area contributed by atoms with E-state index >= 15 is 0 Å². The zero-order chi connectivity index (χ0) is 13.8. The van der Waals surface area contributed by atoms with Crippen molar-refractivity contribution in [3.8, 4) is 0 Å². The van der Waals surface area contributed by atoms with Crippen LogP contribution in [-0.4, -0.2) is 15.8 Å². The third-order valence-electron chi connectivity index (χ3n) is 3.25. The van der Waals surface area contributed by atoms with Crippen molar-refractivity contribution in [2.75, 3.05) is 0 Å². The van der Waals surface area contributed by atoms with E-state index in [2.05, 4.69) is 24.2 Å². The average Bonchev–Trinajstić information content (AvgIpc) is 2.67. The Morgan fingerprint density at radius 3 is 2.58 bits per heavy atom. The number of hydrogen-bond acceptors (Lipinski definition) is 2. The van der Waals surface area contributed by atoms with E-state index in [-0.39, 0.29) is 6.04 Å². The summed E-state index contributed by atoms with van der Waals surface area (Å²) in [5, 5.41) is 5.17. The molecule has 0 aliphatic heterocycles. The molecule has 0 saturated heterocycles. The van der Waals surface area contributed by atoms with Gasteiger partial charge in [0.2, 0.25) is 0 Å². The summed E-state index contributed by atoms with van der Waals surface area (Å²) in [5.41, 5.74) is 9.42. The molecule has 0 aliphatic carbocycles. The molecule has 102 valence electrons. The second-order valence-corrected chi connectivity index (χ2v) is 5.19. The first kappa shape index (κ1) is 14.1. The van der Waals surface area contributed by atoms with Crippen molar-refractivity contribution >= 4 is 11.6 Å². The fraction of sp³-hybridized carbons (Fsp3) is 0.400. The lowest BCUT2D eigenvalue weighted by Crippen LogP contribution is -2.27. The fourth-order valence-electron chi connectivity index (χ4n) is 2.30. The quantitative estimate of drug-likeness (QED) is 0.913. The number of benzene rings is 1. The van der Waals surface area contributed by atoms with E-state index in [1.807, 2.05) is 29.8 Å². The van der Waals surface area contributed by atoms with E-state index in [4.69, 9.17) is 17.3 Å². The van der Waals surface area contributed by atoms with E-state index in [9.17, 15) is 0 Å². The van der Waals surface area contributed by atoms with Crippen molar-refractivity contribution in [2.45, 2.75) is 39.3 Å². The van der Waals surface area contributed by atoms with Gasteiger partial charge in [-0.3, -0.25) is 4.68 Å². The summed E-state index contributed by atoms with van der Waals surface area (Å²) in [5.74, 6) is 0. The maximum absolute atomic E-state index is 6.30. The van der Waals surface area contributed by atoms with Crippen molar-refractivity contribution in [3.63, 3.8) is 0 Å². The van der Waals surface area contributed by atoms with E-state index in [0.29, 0.717) is 0 Å². The predicted molar refractivity (Wildman–Crippen MR) is 79.5 cm³/mol. The minimum atomic E-state index is 0.0568. The van der Waals surface area contributed by atoms with E-state index < -0.39 is 0 Å². The largest absolute Gasteiger partial charge is 0.327 e. The first-order valence-electron chi connectivity index (χ1n) is 6.63. The first-order valence-corrected chi connectivity index (χ1v) is 7.01. The maximum Gasteiger partial charge on any atom is 0.0847 e. The molecule has 1 aromatic heterocycles. The molecule has 0 aliphatic rings. The third-order valence-corrected chi connectivity index (χ3v) is 3.74. The SMILES string of the molecule is CCn1nc(C)c(Cl)c1CC(N)Cc1ccccc1. The molecule has 2 aromatic rings. The van der Waals surface area contributed by atoms with Crippen LogP contribution >= 0.6 is 11.6 Å². The van der Waals surface area contributed by atoms with Gasteiger partial charge in [-0.1, -0.05) is 41.9 Å². The Morgan fingerprint density at radius 1 is 1.26 bits per heavy atom. The molecule has 0 amide bonds.